The van der Waals surface area contributed by atoms with Gasteiger partial charge in [-0.1, -0.05) is 18.9 Å². The molecule has 0 amide bonds. The fourth-order valence-corrected chi connectivity index (χ4v) is 3.42. The van der Waals surface area contributed by atoms with E-state index in [9.17, 15) is 0 Å². The van der Waals surface area contributed by atoms with Gasteiger partial charge in [0.2, 0.25) is 0 Å². The summed E-state index contributed by atoms with van der Waals surface area (Å²) in [5.41, 5.74) is 0. The van der Waals surface area contributed by atoms with Crippen molar-refractivity contribution in [3.05, 3.63) is 84.7 Å². The van der Waals surface area contributed by atoms with Crippen molar-refractivity contribution in [3.8, 4) is 5.30 Å². The summed E-state index contributed by atoms with van der Waals surface area (Å²) < 4.78 is 0. The smallest absolute Gasteiger partial charge is 0.0488 e. The summed E-state index contributed by atoms with van der Waals surface area (Å²) in [6.07, 6.45) is 1.89. The van der Waals surface area contributed by atoms with Gasteiger partial charge in [0.1, 0.15) is 0 Å². The zero-order chi connectivity index (χ0) is 15.6. The normalized spacial score (nSPS) is 10.0. The first kappa shape index (κ1) is 17.7. The van der Waals surface area contributed by atoms with Gasteiger partial charge in [0.25, 0.3) is 0 Å². The van der Waals surface area contributed by atoms with Gasteiger partial charge in [-0.2, -0.15) is 24.3 Å². The number of aromatic nitrogens is 1. The predicted octanol–water partition coefficient (Wildman–Crippen LogP) is 6.71. The second kappa shape index (κ2) is 10.2. The summed E-state index contributed by atoms with van der Waals surface area (Å²) in [6.45, 7) is 0. The number of fused-ring (bicyclic) bond motifs is 1. The molecule has 0 aliphatic rings. The van der Waals surface area contributed by atoms with Crippen LogP contribution in [0.25, 0.3) is 16.1 Å². The van der Waals surface area contributed by atoms with Gasteiger partial charge in [0.15, 0.2) is 0 Å². The van der Waals surface area contributed by atoms with E-state index < -0.39 is 20.8 Å². The van der Waals surface area contributed by atoms with E-state index in [0.29, 0.717) is 0 Å². The van der Waals surface area contributed by atoms with E-state index in [1.165, 1.54) is 16.1 Å². The average molecular weight is 425 g/mol. The molecule has 0 saturated carbocycles. The molecule has 4 aromatic rings. The van der Waals surface area contributed by atoms with Gasteiger partial charge < -0.3 is 0 Å². The number of benzene rings is 1. The molecule has 1 aromatic heterocycles. The van der Waals surface area contributed by atoms with Crippen molar-refractivity contribution >= 4 is 35.3 Å². The Morgan fingerprint density at radius 1 is 1.05 bits per heavy atom. The van der Waals surface area contributed by atoms with Crippen molar-refractivity contribution in [2.24, 2.45) is 0 Å². The zero-order valence-corrected chi connectivity index (χ0v) is 16.6. The second-order valence-electron chi connectivity index (χ2n) is 4.35. The maximum Gasteiger partial charge on any atom is 0.0488 e. The standard InChI is InChI=1S/C12H9NP.C5H5.2ClH.Zr/c1-2-4-11-8-12(7-10(11)3-1)14-6-5-13-9-14;1-2-4-5-3-1;;;/h1-9H;1-5H;2*1H;/q2*-1;;;+4/p-2. The summed E-state index contributed by atoms with van der Waals surface area (Å²) in [7, 11) is 9.61. The van der Waals surface area contributed by atoms with Crippen LogP contribution < -0.4 is 0 Å². The van der Waals surface area contributed by atoms with Crippen LogP contribution in [0.1, 0.15) is 0 Å². The Kier molecular flexibility index (Phi) is 8.20. The molecule has 0 aliphatic heterocycles. The maximum atomic E-state index is 4.93. The van der Waals surface area contributed by atoms with E-state index >= 15 is 0 Å². The first-order valence-electron chi connectivity index (χ1n) is 6.62. The summed E-state index contributed by atoms with van der Waals surface area (Å²) in [5.74, 6) is 4.23. The fourth-order valence-electron chi connectivity index (χ4n) is 2.02. The minimum Gasteiger partial charge on any atom is -0.260 e. The molecule has 5 heteroatoms. The second-order valence-corrected chi connectivity index (χ2v) is 9.94. The van der Waals surface area contributed by atoms with E-state index in [4.69, 9.17) is 17.0 Å². The first-order valence-corrected chi connectivity index (χ1v) is 14.4. The summed E-state index contributed by atoms with van der Waals surface area (Å²) in [6, 6.07) is 23.0. The van der Waals surface area contributed by atoms with Gasteiger partial charge in [-0.25, -0.2) is 12.1 Å². The molecule has 0 spiro atoms. The van der Waals surface area contributed by atoms with Crippen LogP contribution >= 0.6 is 24.6 Å². The number of rotatable bonds is 1. The van der Waals surface area contributed by atoms with E-state index in [1.807, 2.05) is 42.5 Å². The van der Waals surface area contributed by atoms with Gasteiger partial charge in [-0.3, -0.25) is 4.98 Å². The van der Waals surface area contributed by atoms with Gasteiger partial charge in [-0.15, -0.1) is 35.0 Å². The summed E-state index contributed by atoms with van der Waals surface area (Å²) >= 11 is -0.826. The molecule has 22 heavy (non-hydrogen) atoms. The monoisotopic (exact) mass is 423 g/mol. The van der Waals surface area contributed by atoms with Crippen LogP contribution in [-0.2, 0) is 20.8 Å². The molecule has 0 bridgehead atoms. The van der Waals surface area contributed by atoms with Crippen LogP contribution in [0.2, 0.25) is 0 Å². The van der Waals surface area contributed by atoms with Crippen molar-refractivity contribution in [2.75, 3.05) is 0 Å². The van der Waals surface area contributed by atoms with Crippen LogP contribution in [0.4, 0.5) is 0 Å². The fraction of sp³-hybridized carbons (Fsp3) is 0. The Bertz CT molecular complexity index is 698. The van der Waals surface area contributed by atoms with Crippen molar-refractivity contribution in [1.82, 2.24) is 4.98 Å². The largest absolute Gasteiger partial charge is 0.260 e. The average Bonchev–Trinajstić information content (AvgIpc) is 3.29. The Morgan fingerprint density at radius 2 is 1.77 bits per heavy atom. The predicted molar refractivity (Wildman–Crippen MR) is 95.1 cm³/mol. The molecule has 0 radical (unpaired) electrons. The Labute approximate surface area is 150 Å². The summed E-state index contributed by atoms with van der Waals surface area (Å²) in [5, 5.41) is 4.07. The molecule has 110 valence electrons. The van der Waals surface area contributed by atoms with Crippen molar-refractivity contribution < 1.29 is 20.8 Å². The van der Waals surface area contributed by atoms with Crippen LogP contribution in [0.3, 0.4) is 0 Å². The molecule has 0 fully saturated rings. The molecule has 3 aromatic carbocycles. The van der Waals surface area contributed by atoms with Crippen molar-refractivity contribution in [2.45, 2.75) is 0 Å². The van der Waals surface area contributed by atoms with Crippen LogP contribution in [0, 0.1) is 0 Å². The number of hydrogen-bond donors (Lipinski definition) is 0. The van der Waals surface area contributed by atoms with Crippen LogP contribution in [0.15, 0.2) is 84.7 Å². The maximum absolute atomic E-state index is 4.93. The Morgan fingerprint density at radius 3 is 2.32 bits per heavy atom. The topological polar surface area (TPSA) is 12.9 Å². The van der Waals surface area contributed by atoms with E-state index in [1.54, 1.807) is 0 Å². The third-order valence-electron chi connectivity index (χ3n) is 2.96. The first-order chi connectivity index (χ1) is 10.8. The van der Waals surface area contributed by atoms with E-state index in [0.717, 1.165) is 0 Å². The van der Waals surface area contributed by atoms with Crippen molar-refractivity contribution in [1.29, 1.82) is 0 Å². The van der Waals surface area contributed by atoms with Gasteiger partial charge in [0.05, 0.1) is 0 Å². The third kappa shape index (κ3) is 5.52. The van der Waals surface area contributed by atoms with Crippen LogP contribution in [-0.4, -0.2) is 4.98 Å². The van der Waals surface area contributed by atoms with Gasteiger partial charge >= 0.3 is 37.9 Å². The van der Waals surface area contributed by atoms with E-state index in [2.05, 4.69) is 47.2 Å². The molecular formula is C17H14Cl2NPZr. The third-order valence-corrected chi connectivity index (χ3v) is 4.65. The SMILES string of the molecule is [Cl][Zr+2][Cl].c1cc[cH-]c1.c1ccc2[cH-]c(-p3ccnc3)cc2c1. The molecule has 0 aliphatic carbocycles. The molecule has 4 rings (SSSR count). The van der Waals surface area contributed by atoms with Gasteiger partial charge in [-0.05, 0) is 5.80 Å². The summed E-state index contributed by atoms with van der Waals surface area (Å²) in [4.78, 5) is 4.13. The zero-order valence-electron chi connectivity index (χ0n) is 11.7. The van der Waals surface area contributed by atoms with Crippen molar-refractivity contribution in [3.63, 3.8) is 0 Å². The molecule has 0 saturated heterocycles. The molecule has 1 nitrogen and oxygen atoms in total. The quantitative estimate of drug-likeness (QED) is 0.309. The molecule has 1 atom stereocenters. The number of hydrogen-bond acceptors (Lipinski definition) is 1. The Balaban J connectivity index is 0.000000184. The van der Waals surface area contributed by atoms with Crippen LogP contribution in [0.5, 0.6) is 0 Å². The number of halogens is 2. The van der Waals surface area contributed by atoms with E-state index in [-0.39, 0.29) is 7.53 Å². The Hall–Kier alpha value is -0.647. The molecular weight excluding hydrogens is 411 g/mol. The number of nitrogens with zero attached hydrogens (tertiary/aromatic N) is 1. The minimum absolute atomic E-state index is 0.259. The minimum atomic E-state index is -0.826. The molecule has 1 unspecified atom stereocenters. The molecule has 0 N–H and O–H groups in total. The molecule has 1 heterocycles. The van der Waals surface area contributed by atoms with Gasteiger partial charge in [0, 0.05) is 12.1 Å².